The van der Waals surface area contributed by atoms with Gasteiger partial charge in [-0.15, -0.1) is 0 Å². The molecule has 0 aliphatic carbocycles. The Bertz CT molecular complexity index is 513. The Morgan fingerprint density at radius 3 is 2.38 bits per heavy atom. The molecule has 0 atom stereocenters. The molecule has 1 aromatic heterocycles. The molecule has 0 saturated carbocycles. The predicted octanol–water partition coefficient (Wildman–Crippen LogP) is 1.61. The van der Waals surface area contributed by atoms with E-state index in [4.69, 9.17) is 9.52 Å². The van der Waals surface area contributed by atoms with Crippen LogP contribution in [-0.4, -0.2) is 21.8 Å². The Morgan fingerprint density at radius 1 is 1.19 bits per heavy atom. The van der Waals surface area contributed by atoms with Gasteiger partial charge in [-0.3, -0.25) is 4.79 Å². The van der Waals surface area contributed by atoms with E-state index in [0.29, 0.717) is 11.5 Å². The van der Waals surface area contributed by atoms with Crippen molar-refractivity contribution >= 4 is 11.8 Å². The monoisotopic (exact) mass is 217 g/mol. The van der Waals surface area contributed by atoms with Crippen molar-refractivity contribution in [1.82, 2.24) is 4.98 Å². The van der Waals surface area contributed by atoms with Crippen molar-refractivity contribution in [1.29, 1.82) is 0 Å². The van der Waals surface area contributed by atoms with Crippen molar-refractivity contribution in [3.8, 4) is 11.5 Å². The summed E-state index contributed by atoms with van der Waals surface area (Å²) >= 11 is 0. The lowest BCUT2D eigenvalue weighted by Crippen LogP contribution is -2.12. The van der Waals surface area contributed by atoms with Gasteiger partial charge >= 0.3 is 5.97 Å². The van der Waals surface area contributed by atoms with Gasteiger partial charge in [-0.2, -0.15) is 0 Å². The summed E-state index contributed by atoms with van der Waals surface area (Å²) in [5.41, 5.74) is 0.815. The van der Waals surface area contributed by atoms with Gasteiger partial charge in [0.15, 0.2) is 0 Å². The van der Waals surface area contributed by atoms with Crippen LogP contribution >= 0.6 is 0 Å². The summed E-state index contributed by atoms with van der Waals surface area (Å²) in [6, 6.07) is 6.02. The summed E-state index contributed by atoms with van der Waals surface area (Å²) < 4.78 is 5.05. The fourth-order valence-corrected chi connectivity index (χ4v) is 1.25. The first-order valence-corrected chi connectivity index (χ1v) is 4.46. The first-order chi connectivity index (χ1) is 7.68. The number of carboxylic acids is 1. The van der Waals surface area contributed by atoms with Crippen molar-refractivity contribution in [2.75, 3.05) is 0 Å². The number of aliphatic carboxylic acids is 1. The van der Waals surface area contributed by atoms with E-state index >= 15 is 0 Å². The highest BCUT2D eigenvalue weighted by atomic mass is 16.4. The molecule has 0 aliphatic rings. The number of oxazole rings is 1. The highest BCUT2D eigenvalue weighted by molar-refractivity contribution is 6.39. The zero-order chi connectivity index (χ0) is 11.5. The van der Waals surface area contributed by atoms with Crippen LogP contribution in [0.3, 0.4) is 0 Å². The SMILES string of the molecule is O=C(O)C(=O)c1ccc(-c2ncco2)cc1. The van der Waals surface area contributed by atoms with Crippen LogP contribution in [0.5, 0.6) is 0 Å². The van der Waals surface area contributed by atoms with E-state index in [-0.39, 0.29) is 5.56 Å². The third-order valence-corrected chi connectivity index (χ3v) is 2.02. The van der Waals surface area contributed by atoms with Crippen LogP contribution in [0.2, 0.25) is 0 Å². The number of carbonyl (C=O) groups is 2. The molecule has 0 amide bonds. The van der Waals surface area contributed by atoms with Crippen LogP contribution in [0.4, 0.5) is 0 Å². The van der Waals surface area contributed by atoms with Crippen molar-refractivity contribution in [2.45, 2.75) is 0 Å². The van der Waals surface area contributed by atoms with Gasteiger partial charge in [-0.05, 0) is 24.3 Å². The molecular weight excluding hydrogens is 210 g/mol. The molecule has 2 rings (SSSR count). The first kappa shape index (κ1) is 10.1. The first-order valence-electron chi connectivity index (χ1n) is 4.46. The lowest BCUT2D eigenvalue weighted by atomic mass is 10.1. The van der Waals surface area contributed by atoms with E-state index in [0.717, 1.165) is 0 Å². The maximum atomic E-state index is 11.1. The van der Waals surface area contributed by atoms with Crippen molar-refractivity contribution < 1.29 is 19.1 Å². The zero-order valence-electron chi connectivity index (χ0n) is 8.08. The summed E-state index contributed by atoms with van der Waals surface area (Å²) in [5.74, 6) is -1.97. The molecule has 0 radical (unpaired) electrons. The normalized spacial score (nSPS) is 10.0. The Kier molecular flexibility index (Phi) is 2.51. The quantitative estimate of drug-likeness (QED) is 0.624. The van der Waals surface area contributed by atoms with E-state index < -0.39 is 11.8 Å². The second-order valence-corrected chi connectivity index (χ2v) is 3.05. The molecule has 5 nitrogen and oxygen atoms in total. The minimum atomic E-state index is -1.47. The van der Waals surface area contributed by atoms with Gasteiger partial charge in [0.1, 0.15) is 6.26 Å². The third-order valence-electron chi connectivity index (χ3n) is 2.02. The minimum absolute atomic E-state index is 0.128. The van der Waals surface area contributed by atoms with Crippen LogP contribution in [0, 0.1) is 0 Å². The van der Waals surface area contributed by atoms with Gasteiger partial charge < -0.3 is 9.52 Å². The van der Waals surface area contributed by atoms with Crippen LogP contribution in [0.1, 0.15) is 10.4 Å². The summed E-state index contributed by atoms with van der Waals surface area (Å²) in [4.78, 5) is 25.5. The lowest BCUT2D eigenvalue weighted by molar-refractivity contribution is -0.131. The number of benzene rings is 1. The average Bonchev–Trinajstić information content (AvgIpc) is 2.81. The predicted molar refractivity (Wildman–Crippen MR) is 53.9 cm³/mol. The smallest absolute Gasteiger partial charge is 0.377 e. The van der Waals surface area contributed by atoms with E-state index in [2.05, 4.69) is 4.98 Å². The lowest BCUT2D eigenvalue weighted by Gasteiger charge is -1.97. The second-order valence-electron chi connectivity index (χ2n) is 3.05. The molecule has 5 heteroatoms. The number of hydrogen-bond donors (Lipinski definition) is 1. The van der Waals surface area contributed by atoms with E-state index in [1.54, 1.807) is 12.1 Å². The van der Waals surface area contributed by atoms with Gasteiger partial charge in [0, 0.05) is 11.1 Å². The molecule has 0 spiro atoms. The van der Waals surface area contributed by atoms with E-state index in [1.165, 1.54) is 24.6 Å². The highest BCUT2D eigenvalue weighted by Gasteiger charge is 2.14. The van der Waals surface area contributed by atoms with E-state index in [9.17, 15) is 9.59 Å². The molecule has 1 aromatic carbocycles. The largest absolute Gasteiger partial charge is 0.475 e. The fraction of sp³-hybridized carbons (Fsp3) is 0. The average molecular weight is 217 g/mol. The topological polar surface area (TPSA) is 80.4 Å². The number of rotatable bonds is 3. The second kappa shape index (κ2) is 3.98. The Hall–Kier alpha value is -2.43. The summed E-state index contributed by atoms with van der Waals surface area (Å²) in [7, 11) is 0. The maximum absolute atomic E-state index is 11.1. The number of ketones is 1. The summed E-state index contributed by atoms with van der Waals surface area (Å²) in [5, 5.41) is 8.51. The molecule has 16 heavy (non-hydrogen) atoms. The van der Waals surface area contributed by atoms with Gasteiger partial charge in [0.25, 0.3) is 5.78 Å². The molecule has 80 valence electrons. The summed E-state index contributed by atoms with van der Waals surface area (Å²) in [6.45, 7) is 0. The van der Waals surface area contributed by atoms with Gasteiger partial charge in [-0.25, -0.2) is 9.78 Å². The molecular formula is C11H7NO4. The maximum Gasteiger partial charge on any atom is 0.377 e. The number of aromatic nitrogens is 1. The number of carbonyl (C=O) groups excluding carboxylic acids is 1. The summed E-state index contributed by atoms with van der Waals surface area (Å²) in [6.07, 6.45) is 2.94. The molecule has 0 aliphatic heterocycles. The molecule has 0 saturated heterocycles. The van der Waals surface area contributed by atoms with Crippen LogP contribution in [0.15, 0.2) is 41.1 Å². The Morgan fingerprint density at radius 2 is 1.88 bits per heavy atom. The van der Waals surface area contributed by atoms with Gasteiger partial charge in [-0.1, -0.05) is 0 Å². The fourth-order valence-electron chi connectivity index (χ4n) is 1.25. The van der Waals surface area contributed by atoms with Crippen LogP contribution in [0.25, 0.3) is 11.5 Å². The molecule has 1 heterocycles. The highest BCUT2D eigenvalue weighted by Crippen LogP contribution is 2.17. The number of hydrogen-bond acceptors (Lipinski definition) is 4. The molecule has 2 aromatic rings. The molecule has 1 N–H and O–H groups in total. The van der Waals surface area contributed by atoms with Gasteiger partial charge in [0.2, 0.25) is 5.89 Å². The standard InChI is InChI=1S/C11H7NO4/c13-9(11(14)15)7-1-3-8(4-2-7)10-12-5-6-16-10/h1-6H,(H,14,15). The van der Waals surface area contributed by atoms with Crippen molar-refractivity contribution in [3.05, 3.63) is 42.3 Å². The van der Waals surface area contributed by atoms with Crippen LogP contribution in [-0.2, 0) is 4.79 Å². The Balaban J connectivity index is 2.30. The molecule has 0 unspecified atom stereocenters. The van der Waals surface area contributed by atoms with Crippen LogP contribution < -0.4 is 0 Å². The Labute approximate surface area is 90.3 Å². The molecule has 0 bridgehead atoms. The number of nitrogens with zero attached hydrogens (tertiary/aromatic N) is 1. The zero-order valence-corrected chi connectivity index (χ0v) is 8.08. The number of carboxylic acid groups (broad SMARTS) is 1. The van der Waals surface area contributed by atoms with Crippen molar-refractivity contribution in [2.24, 2.45) is 0 Å². The third kappa shape index (κ3) is 1.83. The minimum Gasteiger partial charge on any atom is -0.475 e. The number of Topliss-reactive ketones (excluding diaryl/α,β-unsaturated/α-hetero) is 1. The van der Waals surface area contributed by atoms with Crippen molar-refractivity contribution in [3.63, 3.8) is 0 Å². The van der Waals surface area contributed by atoms with E-state index in [1.807, 2.05) is 0 Å². The van der Waals surface area contributed by atoms with Gasteiger partial charge in [0.05, 0.1) is 6.20 Å². The molecule has 0 fully saturated rings.